The van der Waals surface area contributed by atoms with Crippen molar-refractivity contribution in [2.24, 2.45) is 5.73 Å². The second-order valence-corrected chi connectivity index (χ2v) is 3.22. The molecule has 1 aromatic rings. The summed E-state index contributed by atoms with van der Waals surface area (Å²) in [7, 11) is 0. The third-order valence-corrected chi connectivity index (χ3v) is 2.02. The molecule has 0 bridgehead atoms. The van der Waals surface area contributed by atoms with Gasteiger partial charge < -0.3 is 15.9 Å². The highest BCUT2D eigenvalue weighted by Crippen LogP contribution is 2.32. The first-order valence-corrected chi connectivity index (χ1v) is 4.22. The van der Waals surface area contributed by atoms with Crippen molar-refractivity contribution < 1.29 is 27.8 Å². The van der Waals surface area contributed by atoms with Gasteiger partial charge in [-0.15, -0.1) is 12.4 Å². The quantitative estimate of drug-likeness (QED) is 0.722. The lowest BCUT2D eigenvalue weighted by Crippen LogP contribution is -2.38. The average molecular weight is 276 g/mol. The van der Waals surface area contributed by atoms with Crippen LogP contribution < -0.4 is 5.73 Å². The van der Waals surface area contributed by atoms with Crippen LogP contribution in [0.3, 0.4) is 0 Å². The molecule has 2 atom stereocenters. The lowest BCUT2D eigenvalue weighted by atomic mass is 10.0. The Labute approximate surface area is 100 Å². The molecule has 0 unspecified atom stereocenters. The minimum Gasteiger partial charge on any atom is -0.508 e. The van der Waals surface area contributed by atoms with Crippen LogP contribution in [0.4, 0.5) is 17.6 Å². The van der Waals surface area contributed by atoms with Gasteiger partial charge in [-0.3, -0.25) is 0 Å². The molecule has 0 aliphatic heterocycles. The number of phenols is 1. The van der Waals surface area contributed by atoms with E-state index in [9.17, 15) is 22.7 Å². The highest BCUT2D eigenvalue weighted by atomic mass is 35.5. The molecule has 0 fully saturated rings. The topological polar surface area (TPSA) is 66.5 Å². The SMILES string of the molecule is Cl.N[C@@H](c1cc(F)ccc1O)[C@H](O)C(F)(F)F. The van der Waals surface area contributed by atoms with Crippen LogP contribution in [0.1, 0.15) is 11.6 Å². The van der Waals surface area contributed by atoms with Crippen LogP contribution in [0.5, 0.6) is 5.75 Å². The summed E-state index contributed by atoms with van der Waals surface area (Å²) in [5.74, 6) is -1.45. The van der Waals surface area contributed by atoms with E-state index in [1.807, 2.05) is 0 Å². The Hall–Kier alpha value is -1.05. The number of phenolic OH excluding ortho intramolecular Hbond substituents is 1. The minimum absolute atomic E-state index is 0. The number of benzene rings is 1. The van der Waals surface area contributed by atoms with Gasteiger partial charge in [0.1, 0.15) is 11.6 Å². The van der Waals surface area contributed by atoms with Crippen molar-refractivity contribution in [2.75, 3.05) is 0 Å². The zero-order valence-electron chi connectivity index (χ0n) is 8.28. The summed E-state index contributed by atoms with van der Waals surface area (Å²) >= 11 is 0. The van der Waals surface area contributed by atoms with E-state index < -0.39 is 35.5 Å². The smallest absolute Gasteiger partial charge is 0.416 e. The van der Waals surface area contributed by atoms with Gasteiger partial charge in [0.25, 0.3) is 0 Å². The molecule has 0 radical (unpaired) electrons. The molecule has 0 heterocycles. The van der Waals surface area contributed by atoms with Crippen molar-refractivity contribution in [1.29, 1.82) is 0 Å². The molecular formula is C9H10ClF4NO2. The summed E-state index contributed by atoms with van der Waals surface area (Å²) in [5.41, 5.74) is 4.60. The molecule has 0 aliphatic rings. The summed E-state index contributed by atoms with van der Waals surface area (Å²) in [6, 6.07) is 0.449. The number of aliphatic hydroxyl groups is 1. The number of alkyl halides is 3. The van der Waals surface area contributed by atoms with E-state index in [1.54, 1.807) is 0 Å². The lowest BCUT2D eigenvalue weighted by molar-refractivity contribution is -0.210. The third kappa shape index (κ3) is 3.72. The molecule has 0 saturated carbocycles. The predicted molar refractivity (Wildman–Crippen MR) is 54.3 cm³/mol. The van der Waals surface area contributed by atoms with Crippen molar-refractivity contribution in [3.05, 3.63) is 29.6 Å². The Balaban J connectivity index is 0.00000256. The number of halogens is 5. The van der Waals surface area contributed by atoms with Crippen LogP contribution in [0.2, 0.25) is 0 Å². The van der Waals surface area contributed by atoms with E-state index in [4.69, 9.17) is 10.8 Å². The maximum atomic E-state index is 12.7. The number of hydrogen-bond donors (Lipinski definition) is 3. The van der Waals surface area contributed by atoms with Crippen molar-refractivity contribution in [1.82, 2.24) is 0 Å². The van der Waals surface area contributed by atoms with Gasteiger partial charge in [-0.25, -0.2) is 4.39 Å². The van der Waals surface area contributed by atoms with Crippen LogP contribution in [0, 0.1) is 5.82 Å². The fourth-order valence-electron chi connectivity index (χ4n) is 1.17. The number of rotatable bonds is 2. The first-order valence-electron chi connectivity index (χ1n) is 4.22. The summed E-state index contributed by atoms with van der Waals surface area (Å²) in [6.07, 6.45) is -7.79. The van der Waals surface area contributed by atoms with Crippen LogP contribution >= 0.6 is 12.4 Å². The molecule has 17 heavy (non-hydrogen) atoms. The molecule has 98 valence electrons. The Bertz CT molecular complexity index is 386. The van der Waals surface area contributed by atoms with Gasteiger partial charge in [-0.05, 0) is 18.2 Å². The zero-order chi connectivity index (χ0) is 12.5. The lowest BCUT2D eigenvalue weighted by Gasteiger charge is -2.22. The normalized spacial score (nSPS) is 14.9. The third-order valence-electron chi connectivity index (χ3n) is 2.02. The first-order chi connectivity index (χ1) is 7.23. The molecule has 4 N–H and O–H groups in total. The second kappa shape index (κ2) is 5.52. The summed E-state index contributed by atoms with van der Waals surface area (Å²) in [6.45, 7) is 0. The molecule has 1 aromatic carbocycles. The van der Waals surface area contributed by atoms with E-state index in [0.29, 0.717) is 6.07 Å². The van der Waals surface area contributed by atoms with Gasteiger partial charge in [0.2, 0.25) is 0 Å². The van der Waals surface area contributed by atoms with Crippen LogP contribution in [0.25, 0.3) is 0 Å². The second-order valence-electron chi connectivity index (χ2n) is 3.22. The molecule has 0 spiro atoms. The monoisotopic (exact) mass is 275 g/mol. The fourth-order valence-corrected chi connectivity index (χ4v) is 1.17. The van der Waals surface area contributed by atoms with Crippen molar-refractivity contribution in [3.63, 3.8) is 0 Å². The number of aliphatic hydroxyl groups excluding tert-OH is 1. The molecule has 0 saturated heterocycles. The van der Waals surface area contributed by atoms with E-state index in [2.05, 4.69) is 0 Å². The van der Waals surface area contributed by atoms with Crippen molar-refractivity contribution in [2.45, 2.75) is 18.3 Å². The Morgan fingerprint density at radius 1 is 1.24 bits per heavy atom. The van der Waals surface area contributed by atoms with Gasteiger partial charge in [0.15, 0.2) is 6.10 Å². The van der Waals surface area contributed by atoms with Crippen molar-refractivity contribution in [3.8, 4) is 5.75 Å². The van der Waals surface area contributed by atoms with E-state index >= 15 is 0 Å². The minimum atomic E-state index is -4.93. The van der Waals surface area contributed by atoms with Gasteiger partial charge >= 0.3 is 6.18 Å². The number of nitrogens with two attached hydrogens (primary N) is 1. The highest BCUT2D eigenvalue weighted by molar-refractivity contribution is 5.85. The molecule has 0 amide bonds. The summed E-state index contributed by atoms with van der Waals surface area (Å²) < 4.78 is 49.1. The van der Waals surface area contributed by atoms with Gasteiger partial charge in [-0.1, -0.05) is 0 Å². The van der Waals surface area contributed by atoms with Crippen LogP contribution in [-0.2, 0) is 0 Å². The summed E-state index contributed by atoms with van der Waals surface area (Å²) in [5, 5.41) is 18.0. The van der Waals surface area contributed by atoms with E-state index in [0.717, 1.165) is 12.1 Å². The Kier molecular flexibility index (Phi) is 5.18. The van der Waals surface area contributed by atoms with Crippen LogP contribution in [-0.4, -0.2) is 22.5 Å². The standard InChI is InChI=1S/C9H9F4NO2.ClH/c10-4-1-2-6(15)5(3-4)7(14)8(16)9(11,12)13;/h1-3,7-8,15-16H,14H2;1H/t7-,8-;/m0./s1. The zero-order valence-corrected chi connectivity index (χ0v) is 9.10. The van der Waals surface area contributed by atoms with Crippen LogP contribution in [0.15, 0.2) is 18.2 Å². The number of hydrogen-bond acceptors (Lipinski definition) is 3. The average Bonchev–Trinajstić information content (AvgIpc) is 2.18. The van der Waals surface area contributed by atoms with E-state index in [1.165, 1.54) is 0 Å². The largest absolute Gasteiger partial charge is 0.508 e. The van der Waals surface area contributed by atoms with Gasteiger partial charge in [0, 0.05) is 5.56 Å². The maximum absolute atomic E-state index is 12.7. The van der Waals surface area contributed by atoms with Gasteiger partial charge in [-0.2, -0.15) is 13.2 Å². The van der Waals surface area contributed by atoms with E-state index in [-0.39, 0.29) is 12.4 Å². The molecule has 0 aromatic heterocycles. The molecule has 8 heteroatoms. The molecular weight excluding hydrogens is 266 g/mol. The highest BCUT2D eigenvalue weighted by Gasteiger charge is 2.43. The molecule has 1 rings (SSSR count). The fraction of sp³-hybridized carbons (Fsp3) is 0.333. The van der Waals surface area contributed by atoms with Gasteiger partial charge in [0.05, 0.1) is 6.04 Å². The summed E-state index contributed by atoms with van der Waals surface area (Å²) in [4.78, 5) is 0. The molecule has 0 aliphatic carbocycles. The first kappa shape index (κ1) is 16.0. The Morgan fingerprint density at radius 2 is 1.76 bits per heavy atom. The maximum Gasteiger partial charge on any atom is 0.416 e. The number of aromatic hydroxyl groups is 1. The van der Waals surface area contributed by atoms with Crippen molar-refractivity contribution >= 4 is 12.4 Å². The molecule has 3 nitrogen and oxygen atoms in total. The Morgan fingerprint density at radius 3 is 2.24 bits per heavy atom. The predicted octanol–water partition coefficient (Wildman–Crippen LogP) is 1.88.